The summed E-state index contributed by atoms with van der Waals surface area (Å²) >= 11 is 0. The Labute approximate surface area is 185 Å². The van der Waals surface area contributed by atoms with Crippen LogP contribution in [0.25, 0.3) is 11.3 Å². The highest BCUT2D eigenvalue weighted by Crippen LogP contribution is 2.28. The van der Waals surface area contributed by atoms with Gasteiger partial charge in [-0.15, -0.1) is 0 Å². The third-order valence-corrected chi connectivity index (χ3v) is 6.74. The predicted molar refractivity (Wildman–Crippen MR) is 121 cm³/mol. The second kappa shape index (κ2) is 10.9. The molecule has 2 heterocycles. The number of hydrogen-bond donors (Lipinski definition) is 1. The van der Waals surface area contributed by atoms with E-state index in [-0.39, 0.29) is 11.9 Å². The first-order valence-electron chi connectivity index (χ1n) is 11.8. The summed E-state index contributed by atoms with van der Waals surface area (Å²) in [7, 11) is 0. The fraction of sp³-hybridized carbons (Fsp3) is 0.600. The lowest BCUT2D eigenvalue weighted by Crippen LogP contribution is -2.48. The van der Waals surface area contributed by atoms with E-state index in [1.54, 1.807) is 6.20 Å². The van der Waals surface area contributed by atoms with Gasteiger partial charge in [0.1, 0.15) is 0 Å². The first-order chi connectivity index (χ1) is 15.2. The number of oxazole rings is 1. The molecule has 168 valence electrons. The summed E-state index contributed by atoms with van der Waals surface area (Å²) in [6.45, 7) is 7.12. The zero-order chi connectivity index (χ0) is 21.5. The highest BCUT2D eigenvalue weighted by Gasteiger charge is 2.30. The van der Waals surface area contributed by atoms with Crippen molar-refractivity contribution in [2.75, 3.05) is 32.8 Å². The lowest BCUT2D eigenvalue weighted by atomic mass is 9.83. The predicted octanol–water partition coefficient (Wildman–Crippen LogP) is 4.38. The molecule has 1 saturated heterocycles. The maximum absolute atomic E-state index is 12.9. The summed E-state index contributed by atoms with van der Waals surface area (Å²) < 4.78 is 11.0. The number of piperidine rings is 1. The van der Waals surface area contributed by atoms with Crippen LogP contribution >= 0.6 is 0 Å². The summed E-state index contributed by atoms with van der Waals surface area (Å²) in [4.78, 5) is 19.5. The third kappa shape index (κ3) is 5.95. The SMILES string of the molecule is CCOCC1CCCN(C[C@@H]2CCCCC2NC(=O)c2ccc(-c3cnco3)cc2)C1. The quantitative estimate of drug-likeness (QED) is 0.680. The van der Waals surface area contributed by atoms with Crippen molar-refractivity contribution in [2.45, 2.75) is 51.5 Å². The van der Waals surface area contributed by atoms with Gasteiger partial charge in [0.25, 0.3) is 5.91 Å². The van der Waals surface area contributed by atoms with E-state index < -0.39 is 0 Å². The Kier molecular flexibility index (Phi) is 7.76. The van der Waals surface area contributed by atoms with Gasteiger partial charge in [0.05, 0.1) is 12.8 Å². The summed E-state index contributed by atoms with van der Waals surface area (Å²) in [6, 6.07) is 7.82. The van der Waals surface area contributed by atoms with Gasteiger partial charge in [-0.25, -0.2) is 4.98 Å². The molecule has 0 bridgehead atoms. The molecular formula is C25H35N3O3. The lowest BCUT2D eigenvalue weighted by Gasteiger charge is -2.39. The second-order valence-corrected chi connectivity index (χ2v) is 8.99. The number of rotatable bonds is 8. The molecule has 2 unspecified atom stereocenters. The molecule has 3 atom stereocenters. The molecule has 2 fully saturated rings. The van der Waals surface area contributed by atoms with Gasteiger partial charge in [-0.1, -0.05) is 25.0 Å². The molecule has 0 radical (unpaired) electrons. The van der Waals surface area contributed by atoms with Gasteiger partial charge in [-0.05, 0) is 63.1 Å². The molecule has 1 aromatic heterocycles. The maximum atomic E-state index is 12.9. The Hall–Kier alpha value is -2.18. The van der Waals surface area contributed by atoms with E-state index in [1.807, 2.05) is 24.3 Å². The average Bonchev–Trinajstić information content (AvgIpc) is 3.34. The van der Waals surface area contributed by atoms with Crippen LogP contribution < -0.4 is 5.32 Å². The van der Waals surface area contributed by atoms with Gasteiger partial charge in [0, 0.05) is 36.9 Å². The number of hydrogen-bond acceptors (Lipinski definition) is 5. The van der Waals surface area contributed by atoms with E-state index in [0.717, 1.165) is 38.3 Å². The Bertz CT molecular complexity index is 806. The van der Waals surface area contributed by atoms with E-state index in [4.69, 9.17) is 9.15 Å². The second-order valence-electron chi connectivity index (χ2n) is 8.99. The van der Waals surface area contributed by atoms with Crippen molar-refractivity contribution in [1.82, 2.24) is 15.2 Å². The van der Waals surface area contributed by atoms with Gasteiger partial charge >= 0.3 is 0 Å². The number of nitrogens with zero attached hydrogens (tertiary/aromatic N) is 2. The molecule has 2 aromatic rings. The molecule has 4 rings (SSSR count). The van der Waals surface area contributed by atoms with Crippen LogP contribution in [-0.2, 0) is 4.74 Å². The van der Waals surface area contributed by atoms with E-state index in [1.165, 1.54) is 45.0 Å². The molecule has 1 N–H and O–H groups in total. The van der Waals surface area contributed by atoms with Gasteiger partial charge in [-0.3, -0.25) is 4.79 Å². The van der Waals surface area contributed by atoms with Crippen molar-refractivity contribution in [1.29, 1.82) is 0 Å². The molecule has 1 saturated carbocycles. The fourth-order valence-corrected chi connectivity index (χ4v) is 5.08. The maximum Gasteiger partial charge on any atom is 0.251 e. The number of ether oxygens (including phenoxy) is 1. The molecular weight excluding hydrogens is 390 g/mol. The van der Waals surface area contributed by atoms with Crippen LogP contribution in [-0.4, -0.2) is 54.7 Å². The van der Waals surface area contributed by atoms with E-state index >= 15 is 0 Å². The first kappa shape index (κ1) is 22.0. The number of nitrogens with one attached hydrogen (secondary N) is 1. The molecule has 31 heavy (non-hydrogen) atoms. The summed E-state index contributed by atoms with van der Waals surface area (Å²) in [6.07, 6.45) is 10.3. The van der Waals surface area contributed by atoms with Crippen molar-refractivity contribution < 1.29 is 13.9 Å². The number of carbonyl (C=O) groups is 1. The lowest BCUT2D eigenvalue weighted by molar-refractivity contribution is 0.0548. The first-order valence-corrected chi connectivity index (χ1v) is 11.8. The molecule has 1 aliphatic heterocycles. The van der Waals surface area contributed by atoms with Crippen molar-refractivity contribution in [2.24, 2.45) is 11.8 Å². The van der Waals surface area contributed by atoms with Gasteiger partial charge in [0.2, 0.25) is 0 Å². The minimum absolute atomic E-state index is 0.0221. The minimum atomic E-state index is 0.0221. The van der Waals surface area contributed by atoms with E-state index in [0.29, 0.717) is 23.2 Å². The van der Waals surface area contributed by atoms with Gasteiger partial charge in [-0.2, -0.15) is 0 Å². The summed E-state index contributed by atoms with van der Waals surface area (Å²) in [5, 5.41) is 3.35. The zero-order valence-electron chi connectivity index (χ0n) is 18.6. The highest BCUT2D eigenvalue weighted by atomic mass is 16.5. The number of amides is 1. The van der Waals surface area contributed by atoms with Crippen LogP contribution in [0.5, 0.6) is 0 Å². The van der Waals surface area contributed by atoms with Crippen molar-refractivity contribution in [3.8, 4) is 11.3 Å². The Morgan fingerprint density at radius 2 is 2.03 bits per heavy atom. The largest absolute Gasteiger partial charge is 0.444 e. The van der Waals surface area contributed by atoms with Crippen LogP contribution in [0, 0.1) is 11.8 Å². The van der Waals surface area contributed by atoms with Crippen LogP contribution in [0.3, 0.4) is 0 Å². The Morgan fingerprint density at radius 1 is 1.19 bits per heavy atom. The van der Waals surface area contributed by atoms with Gasteiger partial charge in [0.15, 0.2) is 12.2 Å². The number of likely N-dealkylation sites (tertiary alicyclic amines) is 1. The standard InChI is InChI=1S/C25H35N3O3/c1-2-30-17-19-6-5-13-28(15-19)16-22-7-3-4-8-23(22)27-25(29)21-11-9-20(10-12-21)24-14-26-18-31-24/h9-12,14,18-19,22-23H,2-8,13,15-17H2,1H3,(H,27,29)/t19?,22-,23?/m0/s1. The van der Waals surface area contributed by atoms with Crippen molar-refractivity contribution in [3.63, 3.8) is 0 Å². The van der Waals surface area contributed by atoms with E-state index in [2.05, 4.69) is 22.1 Å². The molecule has 1 aliphatic carbocycles. The van der Waals surface area contributed by atoms with Crippen LogP contribution in [0.2, 0.25) is 0 Å². The Balaban J connectivity index is 1.33. The van der Waals surface area contributed by atoms with Crippen LogP contribution in [0.4, 0.5) is 0 Å². The topological polar surface area (TPSA) is 67.6 Å². The van der Waals surface area contributed by atoms with Crippen molar-refractivity contribution >= 4 is 5.91 Å². The normalized spacial score (nSPS) is 24.7. The number of benzene rings is 1. The monoisotopic (exact) mass is 425 g/mol. The molecule has 6 heteroatoms. The summed E-state index contributed by atoms with van der Waals surface area (Å²) in [5.41, 5.74) is 1.62. The Morgan fingerprint density at radius 3 is 2.81 bits per heavy atom. The molecule has 2 aliphatic rings. The van der Waals surface area contributed by atoms with Crippen LogP contribution in [0.15, 0.2) is 41.3 Å². The average molecular weight is 426 g/mol. The third-order valence-electron chi connectivity index (χ3n) is 6.74. The fourth-order valence-electron chi connectivity index (χ4n) is 5.08. The molecule has 1 amide bonds. The molecule has 0 spiro atoms. The molecule has 6 nitrogen and oxygen atoms in total. The summed E-state index contributed by atoms with van der Waals surface area (Å²) in [5.74, 6) is 1.91. The number of aromatic nitrogens is 1. The smallest absolute Gasteiger partial charge is 0.251 e. The zero-order valence-corrected chi connectivity index (χ0v) is 18.6. The van der Waals surface area contributed by atoms with Gasteiger partial charge < -0.3 is 19.4 Å². The van der Waals surface area contributed by atoms with Crippen molar-refractivity contribution in [3.05, 3.63) is 42.4 Å². The molecule has 1 aromatic carbocycles. The number of carbonyl (C=O) groups excluding carboxylic acids is 1. The van der Waals surface area contributed by atoms with Crippen LogP contribution in [0.1, 0.15) is 55.8 Å². The van der Waals surface area contributed by atoms with E-state index in [9.17, 15) is 4.79 Å². The minimum Gasteiger partial charge on any atom is -0.444 e. The highest BCUT2D eigenvalue weighted by molar-refractivity contribution is 5.94.